The average molecular weight is 775 g/mol. The van der Waals surface area contributed by atoms with E-state index in [0.717, 1.165) is 88.7 Å². The highest BCUT2D eigenvalue weighted by Crippen LogP contribution is 2.65. The first kappa shape index (κ1) is 33.7. The van der Waals surface area contributed by atoms with E-state index < -0.39 is 16.2 Å². The molecule has 9 aromatic rings. The van der Waals surface area contributed by atoms with Gasteiger partial charge in [0, 0.05) is 28.4 Å². The lowest BCUT2D eigenvalue weighted by molar-refractivity contribution is 0.682. The second kappa shape index (κ2) is 13.1. The van der Waals surface area contributed by atoms with Crippen molar-refractivity contribution in [3.63, 3.8) is 0 Å². The second-order valence-electron chi connectivity index (χ2n) is 15.1. The van der Waals surface area contributed by atoms with Gasteiger partial charge in [0.25, 0.3) is 0 Å². The molecule has 59 heavy (non-hydrogen) atoms. The lowest BCUT2D eigenvalue weighted by Gasteiger charge is -2.44. The van der Waals surface area contributed by atoms with Crippen LogP contribution >= 0.6 is 0 Å². The Bertz CT molecular complexity index is 3050. The molecule has 1 aliphatic carbocycles. The molecular weight excluding hydrogens is 741 g/mol. The van der Waals surface area contributed by atoms with Crippen molar-refractivity contribution in [2.24, 2.45) is 0 Å². The molecule has 2 aliphatic heterocycles. The van der Waals surface area contributed by atoms with Crippen LogP contribution in [0.3, 0.4) is 0 Å². The van der Waals surface area contributed by atoms with Crippen molar-refractivity contribution in [3.05, 3.63) is 229 Å². The summed E-state index contributed by atoms with van der Waals surface area (Å²) in [6, 6.07) is 71.9. The number of rotatable bonds is 4. The molecule has 6 heteroatoms. The van der Waals surface area contributed by atoms with Gasteiger partial charge in [0.1, 0.15) is 5.82 Å². The number of nitrogens with zero attached hydrogens (tertiary/aromatic N) is 4. The zero-order valence-electron chi connectivity index (χ0n) is 31.7. The van der Waals surface area contributed by atoms with Gasteiger partial charge >= 0.3 is 0 Å². The Hall–Kier alpha value is -7.41. The lowest BCUT2D eigenvalue weighted by Crippen LogP contribution is -2.36. The third-order valence-electron chi connectivity index (χ3n) is 12.0. The zero-order valence-corrected chi connectivity index (χ0v) is 32.6. The standard InChI is InChI=1S/C53H34N4OS/c58-59-48-31-17-16-30-46(48)56(37-22-8-3-9-23-37)47-33-32-42-50(51(47)59)38-24-10-11-25-39(38)53(42)40-26-12-14-28-44(40)57(45-29-15-13-27-41(45)53)49-34-43(35-18-4-1-5-19-35)54-52(55-49)36-20-6-2-7-21-36/h1-34H. The Kier molecular flexibility index (Phi) is 7.46. The highest BCUT2D eigenvalue weighted by atomic mass is 32.2. The summed E-state index contributed by atoms with van der Waals surface area (Å²) in [6.45, 7) is 0. The molecule has 3 aliphatic rings. The molecule has 0 saturated carbocycles. The maximum absolute atomic E-state index is 15.2. The normalized spacial score (nSPS) is 15.1. The van der Waals surface area contributed by atoms with Crippen LogP contribution in [0, 0.1) is 0 Å². The summed E-state index contributed by atoms with van der Waals surface area (Å²) in [5.41, 5.74) is 13.7. The van der Waals surface area contributed by atoms with E-state index >= 15 is 4.21 Å². The molecule has 278 valence electrons. The van der Waals surface area contributed by atoms with E-state index in [1.807, 2.05) is 60.7 Å². The second-order valence-corrected chi connectivity index (χ2v) is 16.5. The Morgan fingerprint density at radius 2 is 1.00 bits per heavy atom. The molecule has 12 rings (SSSR count). The van der Waals surface area contributed by atoms with E-state index in [1.54, 1.807) is 0 Å². The van der Waals surface area contributed by atoms with Gasteiger partial charge in [-0.15, -0.1) is 0 Å². The largest absolute Gasteiger partial charge is 0.308 e. The molecule has 0 saturated heterocycles. The van der Waals surface area contributed by atoms with Crippen LogP contribution in [0.4, 0.5) is 34.3 Å². The van der Waals surface area contributed by atoms with Crippen molar-refractivity contribution in [3.8, 4) is 33.8 Å². The van der Waals surface area contributed by atoms with Gasteiger partial charge < -0.3 is 4.90 Å². The minimum atomic E-state index is -1.46. The number of hydrogen-bond acceptors (Lipinski definition) is 5. The van der Waals surface area contributed by atoms with Crippen LogP contribution in [0.5, 0.6) is 0 Å². The molecular formula is C53H34N4OS. The summed E-state index contributed by atoms with van der Waals surface area (Å²) in [5, 5.41) is 0. The fourth-order valence-corrected chi connectivity index (χ4v) is 11.2. The molecule has 5 nitrogen and oxygen atoms in total. The van der Waals surface area contributed by atoms with Crippen molar-refractivity contribution < 1.29 is 4.21 Å². The predicted octanol–water partition coefficient (Wildman–Crippen LogP) is 12.9. The number of hydrogen-bond donors (Lipinski definition) is 0. The third kappa shape index (κ3) is 4.81. The van der Waals surface area contributed by atoms with Gasteiger partial charge in [-0.2, -0.15) is 0 Å². The van der Waals surface area contributed by atoms with Crippen molar-refractivity contribution in [2.45, 2.75) is 15.2 Å². The van der Waals surface area contributed by atoms with Crippen LogP contribution in [0.15, 0.2) is 216 Å². The summed E-state index contributed by atoms with van der Waals surface area (Å²) >= 11 is 0. The van der Waals surface area contributed by atoms with E-state index in [4.69, 9.17) is 9.97 Å². The number of anilines is 6. The first-order valence-electron chi connectivity index (χ1n) is 19.8. The molecule has 3 heterocycles. The predicted molar refractivity (Wildman–Crippen MR) is 238 cm³/mol. The highest BCUT2D eigenvalue weighted by molar-refractivity contribution is 7.85. The summed E-state index contributed by atoms with van der Waals surface area (Å²) in [7, 11) is -1.46. The number of fused-ring (bicyclic) bond motifs is 12. The third-order valence-corrected chi connectivity index (χ3v) is 13.6. The average Bonchev–Trinajstić information content (AvgIpc) is 3.60. The van der Waals surface area contributed by atoms with Gasteiger partial charge in [-0.1, -0.05) is 158 Å². The van der Waals surface area contributed by atoms with Crippen molar-refractivity contribution in [1.29, 1.82) is 0 Å². The molecule has 1 atom stereocenters. The maximum Gasteiger partial charge on any atom is 0.162 e. The monoisotopic (exact) mass is 774 g/mol. The smallest absolute Gasteiger partial charge is 0.162 e. The van der Waals surface area contributed by atoms with Crippen molar-refractivity contribution in [1.82, 2.24) is 9.97 Å². The zero-order chi connectivity index (χ0) is 39.1. The maximum atomic E-state index is 15.2. The summed E-state index contributed by atoms with van der Waals surface area (Å²) in [5.74, 6) is 1.44. The van der Waals surface area contributed by atoms with Gasteiger partial charge in [0.05, 0.1) is 54.4 Å². The minimum Gasteiger partial charge on any atom is -0.308 e. The van der Waals surface area contributed by atoms with Crippen molar-refractivity contribution >= 4 is 45.1 Å². The quantitative estimate of drug-likeness (QED) is 0.178. The van der Waals surface area contributed by atoms with Gasteiger partial charge in [0.2, 0.25) is 0 Å². The van der Waals surface area contributed by atoms with Gasteiger partial charge in [0.15, 0.2) is 5.82 Å². The lowest BCUT2D eigenvalue weighted by atomic mass is 9.64. The fourth-order valence-electron chi connectivity index (χ4n) is 9.68. The minimum absolute atomic E-state index is 0.658. The number of para-hydroxylation sites is 4. The Labute approximate surface area is 345 Å². The molecule has 0 radical (unpaired) electrons. The summed E-state index contributed by atoms with van der Waals surface area (Å²) < 4.78 is 15.2. The van der Waals surface area contributed by atoms with Crippen LogP contribution in [0.2, 0.25) is 0 Å². The van der Waals surface area contributed by atoms with Crippen LogP contribution in [0.25, 0.3) is 33.8 Å². The van der Waals surface area contributed by atoms with Crippen molar-refractivity contribution in [2.75, 3.05) is 9.80 Å². The van der Waals surface area contributed by atoms with Crippen LogP contribution in [0.1, 0.15) is 22.3 Å². The molecule has 1 aromatic heterocycles. The van der Waals surface area contributed by atoms with E-state index in [-0.39, 0.29) is 0 Å². The molecule has 0 N–H and O–H groups in total. The van der Waals surface area contributed by atoms with Crippen LogP contribution in [-0.4, -0.2) is 14.2 Å². The molecule has 1 unspecified atom stereocenters. The van der Waals surface area contributed by atoms with E-state index in [9.17, 15) is 0 Å². The summed E-state index contributed by atoms with van der Waals surface area (Å²) in [4.78, 5) is 16.7. The molecule has 8 aromatic carbocycles. The first-order valence-corrected chi connectivity index (χ1v) is 21.0. The summed E-state index contributed by atoms with van der Waals surface area (Å²) in [6.07, 6.45) is 0. The topological polar surface area (TPSA) is 49.3 Å². The SMILES string of the molecule is O=S1c2ccccc2N(c2ccccc2)c2ccc3c(c21)-c1ccccc1C31c2ccccc2N(c2cc(-c3ccccc3)nc(-c3ccccc3)n2)c2ccccc21. The molecule has 0 amide bonds. The molecule has 0 bridgehead atoms. The van der Waals surface area contributed by atoms with E-state index in [2.05, 4.69) is 155 Å². The number of benzene rings is 8. The highest BCUT2D eigenvalue weighted by Gasteiger charge is 2.53. The van der Waals surface area contributed by atoms with E-state index in [1.165, 1.54) is 5.56 Å². The Balaban J connectivity index is 1.14. The Morgan fingerprint density at radius 1 is 0.441 bits per heavy atom. The fraction of sp³-hybridized carbons (Fsp3) is 0.0189. The van der Waals surface area contributed by atoms with Crippen LogP contribution < -0.4 is 9.80 Å². The van der Waals surface area contributed by atoms with Gasteiger partial charge in [-0.05, 0) is 70.3 Å². The molecule has 0 fully saturated rings. The van der Waals surface area contributed by atoms with Gasteiger partial charge in [-0.3, -0.25) is 4.90 Å². The van der Waals surface area contributed by atoms with Gasteiger partial charge in [-0.25, -0.2) is 14.2 Å². The van der Waals surface area contributed by atoms with E-state index in [0.29, 0.717) is 5.82 Å². The Morgan fingerprint density at radius 3 is 1.69 bits per heavy atom. The number of aromatic nitrogens is 2. The first-order chi connectivity index (χ1) is 29.2. The van der Waals surface area contributed by atoms with Crippen LogP contribution in [-0.2, 0) is 16.2 Å². The molecule has 1 spiro atoms.